The minimum atomic E-state index is -0.211. The zero-order valence-electron chi connectivity index (χ0n) is 18.9. The van der Waals surface area contributed by atoms with Gasteiger partial charge in [-0.1, -0.05) is 36.4 Å². The molecular formula is C25H30N6O2. The molecule has 1 aromatic heterocycles. The molecule has 8 heteroatoms. The average molecular weight is 447 g/mol. The number of phenolic OH excluding ortho intramolecular Hbond substituents is 1. The molecule has 2 aliphatic heterocycles. The van der Waals surface area contributed by atoms with Crippen LogP contribution in [0.4, 0.5) is 11.9 Å². The molecule has 0 unspecified atom stereocenters. The van der Waals surface area contributed by atoms with Crippen LogP contribution in [-0.4, -0.2) is 76.4 Å². The molecule has 0 amide bonds. The maximum atomic E-state index is 10.3. The van der Waals surface area contributed by atoms with Crippen LogP contribution >= 0.6 is 0 Å². The van der Waals surface area contributed by atoms with Crippen molar-refractivity contribution < 1.29 is 10.2 Å². The molecule has 172 valence electrons. The van der Waals surface area contributed by atoms with E-state index in [1.807, 2.05) is 18.2 Å². The molecule has 1 fully saturated rings. The number of likely N-dealkylation sites (N-methyl/N-ethyl adjacent to an activating group) is 1. The number of aromatic nitrogens is 3. The normalized spacial score (nSPS) is 19.3. The topological polar surface area (TPSA) is 88.9 Å². The minimum absolute atomic E-state index is 0.0198. The third-order valence-corrected chi connectivity index (χ3v) is 6.56. The predicted molar refractivity (Wildman–Crippen MR) is 129 cm³/mol. The highest BCUT2D eigenvalue weighted by atomic mass is 16.3. The van der Waals surface area contributed by atoms with Crippen molar-refractivity contribution in [3.05, 3.63) is 59.7 Å². The summed E-state index contributed by atoms with van der Waals surface area (Å²) in [6.07, 6.45) is 1.90. The first kappa shape index (κ1) is 21.6. The van der Waals surface area contributed by atoms with Crippen LogP contribution in [0.2, 0.25) is 0 Å². The molecule has 0 bridgehead atoms. The van der Waals surface area contributed by atoms with Crippen molar-refractivity contribution in [1.82, 2.24) is 19.9 Å². The summed E-state index contributed by atoms with van der Waals surface area (Å²) in [5.41, 5.74) is 3.11. The van der Waals surface area contributed by atoms with Crippen molar-refractivity contribution in [3.63, 3.8) is 0 Å². The van der Waals surface area contributed by atoms with Gasteiger partial charge in [-0.25, -0.2) is 0 Å². The van der Waals surface area contributed by atoms with E-state index in [9.17, 15) is 10.2 Å². The summed E-state index contributed by atoms with van der Waals surface area (Å²) in [6, 6.07) is 15.0. The highest BCUT2D eigenvalue weighted by Gasteiger charge is 2.30. The SMILES string of the molecule is CN1CCCN(c2nc(-c3cccc(O)c3)nc(N3CCc4ccccc4[C@@H]3CO)n2)CC1. The summed E-state index contributed by atoms with van der Waals surface area (Å²) in [6.45, 7) is 4.40. The Hall–Kier alpha value is -3.23. The van der Waals surface area contributed by atoms with Gasteiger partial charge in [0, 0.05) is 31.7 Å². The Balaban J connectivity index is 1.58. The van der Waals surface area contributed by atoms with E-state index in [2.05, 4.69) is 33.9 Å². The maximum absolute atomic E-state index is 10.3. The van der Waals surface area contributed by atoms with Crippen LogP contribution in [0.3, 0.4) is 0 Å². The molecule has 2 aliphatic rings. The Labute approximate surface area is 194 Å². The number of aliphatic hydroxyl groups excluding tert-OH is 1. The molecule has 2 aromatic carbocycles. The number of phenols is 1. The molecule has 3 aromatic rings. The number of nitrogens with zero attached hydrogens (tertiary/aromatic N) is 6. The highest BCUT2D eigenvalue weighted by molar-refractivity contribution is 5.61. The smallest absolute Gasteiger partial charge is 0.231 e. The van der Waals surface area contributed by atoms with E-state index in [0.29, 0.717) is 24.3 Å². The van der Waals surface area contributed by atoms with Crippen molar-refractivity contribution in [2.45, 2.75) is 18.9 Å². The fourth-order valence-electron chi connectivity index (χ4n) is 4.73. The van der Waals surface area contributed by atoms with Crippen LogP contribution in [0, 0.1) is 0 Å². The van der Waals surface area contributed by atoms with Gasteiger partial charge in [0.05, 0.1) is 12.6 Å². The van der Waals surface area contributed by atoms with Crippen LogP contribution in [0.1, 0.15) is 23.6 Å². The maximum Gasteiger partial charge on any atom is 0.231 e. The zero-order valence-corrected chi connectivity index (χ0v) is 18.9. The standard InChI is InChI=1S/C25H30N6O2/c1-29-11-5-12-30(15-14-29)24-26-23(19-7-4-8-20(33)16-19)27-25(28-24)31-13-10-18-6-2-3-9-21(18)22(31)17-32/h2-4,6-9,16,22,32-33H,5,10-15,17H2,1H3/t22-/m0/s1. The van der Waals surface area contributed by atoms with Crippen molar-refractivity contribution >= 4 is 11.9 Å². The lowest BCUT2D eigenvalue weighted by molar-refractivity contribution is 0.256. The molecule has 0 radical (unpaired) electrons. The summed E-state index contributed by atoms with van der Waals surface area (Å²) >= 11 is 0. The van der Waals surface area contributed by atoms with Crippen molar-refractivity contribution in [2.75, 3.05) is 56.2 Å². The minimum Gasteiger partial charge on any atom is -0.508 e. The Morgan fingerprint density at radius 3 is 2.61 bits per heavy atom. The molecule has 0 spiro atoms. The molecule has 0 aliphatic carbocycles. The second kappa shape index (κ2) is 9.33. The van der Waals surface area contributed by atoms with Gasteiger partial charge in [0.2, 0.25) is 11.9 Å². The first-order valence-corrected chi connectivity index (χ1v) is 11.6. The molecule has 2 N–H and O–H groups in total. The summed E-state index contributed by atoms with van der Waals surface area (Å²) in [5, 5.41) is 20.4. The average Bonchev–Trinajstić information content (AvgIpc) is 3.07. The van der Waals surface area contributed by atoms with E-state index >= 15 is 0 Å². The number of hydrogen-bond acceptors (Lipinski definition) is 8. The van der Waals surface area contributed by atoms with Gasteiger partial charge in [-0.3, -0.25) is 0 Å². The third-order valence-electron chi connectivity index (χ3n) is 6.56. The van der Waals surface area contributed by atoms with Crippen molar-refractivity contribution in [1.29, 1.82) is 0 Å². The molecule has 3 heterocycles. The van der Waals surface area contributed by atoms with E-state index in [4.69, 9.17) is 15.0 Å². The van der Waals surface area contributed by atoms with Crippen LogP contribution in [-0.2, 0) is 6.42 Å². The Bertz CT molecular complexity index is 1120. The number of aromatic hydroxyl groups is 1. The van der Waals surface area contributed by atoms with Gasteiger partial charge in [0.1, 0.15) is 5.75 Å². The fraction of sp³-hybridized carbons (Fsp3) is 0.400. The number of aliphatic hydroxyl groups is 1. The van der Waals surface area contributed by atoms with Gasteiger partial charge in [-0.2, -0.15) is 15.0 Å². The Morgan fingerprint density at radius 2 is 1.76 bits per heavy atom. The number of rotatable bonds is 4. The Morgan fingerprint density at radius 1 is 0.909 bits per heavy atom. The second-order valence-corrected chi connectivity index (χ2v) is 8.79. The lowest BCUT2D eigenvalue weighted by atomic mass is 9.93. The largest absolute Gasteiger partial charge is 0.508 e. The third kappa shape index (κ3) is 4.49. The van der Waals surface area contributed by atoms with Gasteiger partial charge in [-0.15, -0.1) is 0 Å². The predicted octanol–water partition coefficient (Wildman–Crippen LogP) is 2.48. The van der Waals surface area contributed by atoms with Crippen LogP contribution in [0.5, 0.6) is 5.75 Å². The van der Waals surface area contributed by atoms with Crippen molar-refractivity contribution in [3.8, 4) is 17.1 Å². The lowest BCUT2D eigenvalue weighted by Crippen LogP contribution is -2.39. The summed E-state index contributed by atoms with van der Waals surface area (Å²) in [7, 11) is 2.14. The van der Waals surface area contributed by atoms with E-state index < -0.39 is 0 Å². The van der Waals surface area contributed by atoms with Crippen LogP contribution in [0.15, 0.2) is 48.5 Å². The summed E-state index contributed by atoms with van der Waals surface area (Å²) in [5.74, 6) is 1.90. The monoisotopic (exact) mass is 446 g/mol. The summed E-state index contributed by atoms with van der Waals surface area (Å²) < 4.78 is 0. The van der Waals surface area contributed by atoms with E-state index in [0.717, 1.165) is 50.1 Å². The zero-order chi connectivity index (χ0) is 22.8. The van der Waals surface area contributed by atoms with Gasteiger partial charge in [-0.05, 0) is 49.7 Å². The number of anilines is 2. The van der Waals surface area contributed by atoms with E-state index in [-0.39, 0.29) is 18.4 Å². The molecule has 33 heavy (non-hydrogen) atoms. The van der Waals surface area contributed by atoms with Gasteiger partial charge >= 0.3 is 0 Å². The second-order valence-electron chi connectivity index (χ2n) is 8.79. The van der Waals surface area contributed by atoms with Gasteiger partial charge in [0.25, 0.3) is 0 Å². The van der Waals surface area contributed by atoms with Gasteiger partial charge < -0.3 is 24.9 Å². The highest BCUT2D eigenvalue weighted by Crippen LogP contribution is 2.33. The Kier molecular flexibility index (Phi) is 6.11. The first-order chi connectivity index (χ1) is 16.1. The van der Waals surface area contributed by atoms with Crippen molar-refractivity contribution in [2.24, 2.45) is 0 Å². The summed E-state index contributed by atoms with van der Waals surface area (Å²) in [4.78, 5) is 21.2. The van der Waals surface area contributed by atoms with E-state index in [1.165, 1.54) is 5.56 Å². The van der Waals surface area contributed by atoms with Crippen LogP contribution in [0.25, 0.3) is 11.4 Å². The molecule has 1 saturated heterocycles. The quantitative estimate of drug-likeness (QED) is 0.632. The van der Waals surface area contributed by atoms with E-state index in [1.54, 1.807) is 18.2 Å². The number of hydrogen-bond donors (Lipinski definition) is 2. The number of fused-ring (bicyclic) bond motifs is 1. The fourth-order valence-corrected chi connectivity index (χ4v) is 4.73. The van der Waals surface area contributed by atoms with Crippen LogP contribution < -0.4 is 9.80 Å². The molecular weight excluding hydrogens is 416 g/mol. The molecule has 5 rings (SSSR count). The number of benzene rings is 2. The molecule has 1 atom stereocenters. The lowest BCUT2D eigenvalue weighted by Gasteiger charge is -2.36. The molecule has 0 saturated carbocycles. The first-order valence-electron chi connectivity index (χ1n) is 11.6. The van der Waals surface area contributed by atoms with Gasteiger partial charge in [0.15, 0.2) is 5.82 Å². The molecule has 8 nitrogen and oxygen atoms in total.